The molecule has 0 fully saturated rings. The Morgan fingerprint density at radius 3 is 3.00 bits per heavy atom. The highest BCUT2D eigenvalue weighted by Gasteiger charge is 2.14. The summed E-state index contributed by atoms with van der Waals surface area (Å²) in [7, 11) is 0. The molecule has 2 heterocycles. The van der Waals surface area contributed by atoms with Crippen LogP contribution < -0.4 is 0 Å². The second kappa shape index (κ2) is 3.85. The molecule has 0 amide bonds. The van der Waals surface area contributed by atoms with Crippen molar-refractivity contribution in [2.75, 3.05) is 0 Å². The van der Waals surface area contributed by atoms with Crippen molar-refractivity contribution >= 4 is 11.5 Å². The van der Waals surface area contributed by atoms with Gasteiger partial charge < -0.3 is 5.11 Å². The van der Waals surface area contributed by atoms with Crippen LogP contribution in [0.3, 0.4) is 0 Å². The Morgan fingerprint density at radius 1 is 1.57 bits per heavy atom. The summed E-state index contributed by atoms with van der Waals surface area (Å²) < 4.78 is 5.47. The number of aliphatic hydroxyl groups excluding tert-OH is 1. The summed E-state index contributed by atoms with van der Waals surface area (Å²) >= 11 is 1.19. The molecule has 5 nitrogen and oxygen atoms in total. The van der Waals surface area contributed by atoms with Crippen LogP contribution in [0.25, 0.3) is 0 Å². The molecule has 1 unspecified atom stereocenters. The molecular weight excluding hydrogens is 200 g/mol. The van der Waals surface area contributed by atoms with E-state index in [1.807, 2.05) is 13.1 Å². The number of nitrogens with zero attached hydrogens (tertiary/aromatic N) is 4. The molecule has 0 radical (unpaired) electrons. The predicted molar refractivity (Wildman–Crippen MR) is 51.9 cm³/mol. The standard InChI is InChI=1S/C8H10N4OS/c1-2-12-5-6(3-10-12)8(13)7-4-9-11-14-7/h3-5,8,13H,2H2,1H3. The molecule has 2 rings (SSSR count). The Morgan fingerprint density at radius 2 is 2.43 bits per heavy atom. The Balaban J connectivity index is 2.23. The summed E-state index contributed by atoms with van der Waals surface area (Å²) in [6.45, 7) is 2.80. The minimum Gasteiger partial charge on any atom is -0.383 e. The third-order valence-corrected chi connectivity index (χ3v) is 2.66. The average molecular weight is 210 g/mol. The van der Waals surface area contributed by atoms with Gasteiger partial charge in [-0.2, -0.15) is 5.10 Å². The molecule has 0 aliphatic carbocycles. The van der Waals surface area contributed by atoms with Crippen LogP contribution >= 0.6 is 11.5 Å². The van der Waals surface area contributed by atoms with Gasteiger partial charge in [0.05, 0.1) is 17.3 Å². The summed E-state index contributed by atoms with van der Waals surface area (Å²) in [6, 6.07) is 0. The maximum Gasteiger partial charge on any atom is 0.119 e. The number of aryl methyl sites for hydroxylation is 1. The van der Waals surface area contributed by atoms with E-state index in [2.05, 4.69) is 14.7 Å². The first-order valence-corrected chi connectivity index (χ1v) is 5.06. The lowest BCUT2D eigenvalue weighted by Crippen LogP contribution is -1.96. The highest BCUT2D eigenvalue weighted by atomic mass is 32.1. The molecule has 0 bridgehead atoms. The van der Waals surface area contributed by atoms with Gasteiger partial charge in [0.15, 0.2) is 0 Å². The van der Waals surface area contributed by atoms with Gasteiger partial charge in [-0.05, 0) is 18.5 Å². The first-order chi connectivity index (χ1) is 6.81. The van der Waals surface area contributed by atoms with E-state index in [4.69, 9.17) is 0 Å². The van der Waals surface area contributed by atoms with Gasteiger partial charge in [-0.15, -0.1) is 5.10 Å². The normalized spacial score (nSPS) is 13.0. The van der Waals surface area contributed by atoms with Crippen LogP contribution in [0.1, 0.15) is 23.5 Å². The lowest BCUT2D eigenvalue weighted by molar-refractivity contribution is 0.224. The molecule has 0 spiro atoms. The third kappa shape index (κ3) is 1.66. The minimum absolute atomic E-state index is 0.657. The van der Waals surface area contributed by atoms with E-state index >= 15 is 0 Å². The molecule has 14 heavy (non-hydrogen) atoms. The van der Waals surface area contributed by atoms with Crippen molar-refractivity contribution in [2.45, 2.75) is 19.6 Å². The molecule has 0 aliphatic rings. The van der Waals surface area contributed by atoms with E-state index in [1.165, 1.54) is 11.5 Å². The van der Waals surface area contributed by atoms with Gasteiger partial charge in [0.2, 0.25) is 0 Å². The highest BCUT2D eigenvalue weighted by Crippen LogP contribution is 2.22. The second-order valence-corrected chi connectivity index (χ2v) is 3.67. The van der Waals surface area contributed by atoms with Crippen LogP contribution in [0.15, 0.2) is 18.6 Å². The fraction of sp³-hybridized carbons (Fsp3) is 0.375. The van der Waals surface area contributed by atoms with Gasteiger partial charge in [0.1, 0.15) is 6.10 Å². The van der Waals surface area contributed by atoms with Crippen molar-refractivity contribution in [3.63, 3.8) is 0 Å². The van der Waals surface area contributed by atoms with Gasteiger partial charge in [0, 0.05) is 18.3 Å². The number of hydrogen-bond donors (Lipinski definition) is 1. The Labute approximate surface area is 85.2 Å². The summed E-state index contributed by atoms with van der Waals surface area (Å²) in [5, 5.41) is 17.6. The summed E-state index contributed by atoms with van der Waals surface area (Å²) in [4.78, 5) is 0.737. The lowest BCUT2D eigenvalue weighted by Gasteiger charge is -2.02. The number of hydrogen-bond acceptors (Lipinski definition) is 5. The van der Waals surface area contributed by atoms with Gasteiger partial charge in [-0.25, -0.2) is 0 Å². The van der Waals surface area contributed by atoms with E-state index in [9.17, 15) is 5.11 Å². The van der Waals surface area contributed by atoms with Crippen molar-refractivity contribution in [3.8, 4) is 0 Å². The van der Waals surface area contributed by atoms with Crippen LogP contribution in [0.4, 0.5) is 0 Å². The second-order valence-electron chi connectivity index (χ2n) is 2.85. The van der Waals surface area contributed by atoms with E-state index in [-0.39, 0.29) is 0 Å². The van der Waals surface area contributed by atoms with Gasteiger partial charge in [0.25, 0.3) is 0 Å². The zero-order chi connectivity index (χ0) is 9.97. The quantitative estimate of drug-likeness (QED) is 0.815. The molecule has 2 aromatic rings. The summed E-state index contributed by atoms with van der Waals surface area (Å²) in [6.07, 6.45) is 4.40. The fourth-order valence-electron chi connectivity index (χ4n) is 1.15. The minimum atomic E-state index is -0.657. The Hall–Kier alpha value is -1.27. The van der Waals surface area contributed by atoms with Crippen molar-refractivity contribution in [1.29, 1.82) is 0 Å². The van der Waals surface area contributed by atoms with E-state index in [1.54, 1.807) is 17.1 Å². The van der Waals surface area contributed by atoms with Crippen LogP contribution in [-0.4, -0.2) is 24.5 Å². The molecule has 0 saturated heterocycles. The SMILES string of the molecule is CCn1cc(C(O)c2cnns2)cn1. The molecule has 1 N–H and O–H groups in total. The highest BCUT2D eigenvalue weighted by molar-refractivity contribution is 7.05. The van der Waals surface area contributed by atoms with Crippen LogP contribution in [0.2, 0.25) is 0 Å². The Kier molecular flexibility index (Phi) is 2.55. The van der Waals surface area contributed by atoms with Crippen LogP contribution in [-0.2, 0) is 6.54 Å². The number of rotatable bonds is 3. The molecule has 0 saturated carbocycles. The summed E-state index contributed by atoms with van der Waals surface area (Å²) in [5.41, 5.74) is 0.776. The van der Waals surface area contributed by atoms with E-state index in [0.717, 1.165) is 17.0 Å². The molecule has 6 heteroatoms. The van der Waals surface area contributed by atoms with E-state index < -0.39 is 6.10 Å². The first kappa shape index (κ1) is 9.29. The zero-order valence-corrected chi connectivity index (χ0v) is 8.48. The monoisotopic (exact) mass is 210 g/mol. The Bertz CT molecular complexity index is 397. The van der Waals surface area contributed by atoms with Crippen molar-refractivity contribution < 1.29 is 5.11 Å². The lowest BCUT2D eigenvalue weighted by atomic mass is 10.2. The fourth-order valence-corrected chi connectivity index (χ4v) is 1.67. The molecule has 0 aliphatic heterocycles. The van der Waals surface area contributed by atoms with Gasteiger partial charge >= 0.3 is 0 Å². The van der Waals surface area contributed by atoms with Crippen molar-refractivity contribution in [3.05, 3.63) is 29.0 Å². The smallest absolute Gasteiger partial charge is 0.119 e. The zero-order valence-electron chi connectivity index (χ0n) is 7.66. The van der Waals surface area contributed by atoms with Crippen molar-refractivity contribution in [1.82, 2.24) is 19.4 Å². The number of aliphatic hydroxyl groups is 1. The third-order valence-electron chi connectivity index (χ3n) is 1.94. The predicted octanol–water partition coefficient (Wildman–Crippen LogP) is 0.836. The van der Waals surface area contributed by atoms with Crippen LogP contribution in [0, 0.1) is 0 Å². The summed E-state index contributed by atoms with van der Waals surface area (Å²) in [5.74, 6) is 0. The van der Waals surface area contributed by atoms with Crippen molar-refractivity contribution in [2.24, 2.45) is 0 Å². The molecule has 74 valence electrons. The maximum atomic E-state index is 9.87. The topological polar surface area (TPSA) is 63.8 Å². The maximum absolute atomic E-state index is 9.87. The average Bonchev–Trinajstić information content (AvgIpc) is 2.88. The molecule has 0 aromatic carbocycles. The molecule has 1 atom stereocenters. The first-order valence-electron chi connectivity index (χ1n) is 4.29. The number of aromatic nitrogens is 4. The molecular formula is C8H10N4OS. The van der Waals surface area contributed by atoms with E-state index in [0.29, 0.717) is 0 Å². The van der Waals surface area contributed by atoms with Gasteiger partial charge in [-0.1, -0.05) is 4.49 Å². The largest absolute Gasteiger partial charge is 0.383 e. The molecule has 2 aromatic heterocycles. The van der Waals surface area contributed by atoms with Crippen LogP contribution in [0.5, 0.6) is 0 Å². The van der Waals surface area contributed by atoms with Gasteiger partial charge in [-0.3, -0.25) is 4.68 Å².